The molecule has 0 spiro atoms. The fraction of sp³-hybridized carbons (Fsp3) is 1.00. The van der Waals surface area contributed by atoms with Gasteiger partial charge in [-0.05, 0) is 38.3 Å². The number of hydrogen-bond donors (Lipinski definition) is 0. The van der Waals surface area contributed by atoms with Crippen molar-refractivity contribution in [3.8, 4) is 0 Å². The van der Waals surface area contributed by atoms with E-state index in [4.69, 9.17) is 0 Å². The van der Waals surface area contributed by atoms with Crippen LogP contribution in [0.4, 0.5) is 13.2 Å². The number of piperidine rings is 1. The lowest BCUT2D eigenvalue weighted by Gasteiger charge is -2.30. The van der Waals surface area contributed by atoms with Crippen LogP contribution in [-0.4, -0.2) is 49.3 Å². The average molecular weight is 318 g/mol. The van der Waals surface area contributed by atoms with Gasteiger partial charge in [-0.15, -0.1) is 0 Å². The van der Waals surface area contributed by atoms with E-state index in [1.807, 2.05) is 0 Å². The lowest BCUT2D eigenvalue weighted by Crippen LogP contribution is -2.35. The van der Waals surface area contributed by atoms with Gasteiger partial charge in [-0.1, -0.05) is 15.9 Å². The van der Waals surface area contributed by atoms with Gasteiger partial charge in [0.15, 0.2) is 0 Å². The molecular formula is C11H19BrF3NO. The first-order valence-corrected chi connectivity index (χ1v) is 7.06. The van der Waals surface area contributed by atoms with Gasteiger partial charge in [0, 0.05) is 18.5 Å². The zero-order valence-corrected chi connectivity index (χ0v) is 11.4. The number of hydrogen-bond acceptors (Lipinski definition) is 2. The van der Waals surface area contributed by atoms with E-state index < -0.39 is 12.8 Å². The molecule has 0 aromatic rings. The Hall–Kier alpha value is 0.190. The Morgan fingerprint density at radius 3 is 2.41 bits per heavy atom. The van der Waals surface area contributed by atoms with Gasteiger partial charge in [0.2, 0.25) is 0 Å². The highest BCUT2D eigenvalue weighted by atomic mass is 79.9. The van der Waals surface area contributed by atoms with Crippen molar-refractivity contribution in [2.45, 2.75) is 25.4 Å². The van der Waals surface area contributed by atoms with E-state index in [-0.39, 0.29) is 6.61 Å². The Kier molecular flexibility index (Phi) is 6.80. The second-order valence-electron chi connectivity index (χ2n) is 4.46. The lowest BCUT2D eigenvalue weighted by molar-refractivity contribution is -0.174. The van der Waals surface area contributed by atoms with E-state index in [9.17, 15) is 13.2 Å². The molecule has 1 rings (SSSR count). The van der Waals surface area contributed by atoms with Crippen LogP contribution in [0.25, 0.3) is 0 Å². The largest absolute Gasteiger partial charge is 0.411 e. The van der Waals surface area contributed by atoms with E-state index in [1.54, 1.807) is 0 Å². The molecule has 17 heavy (non-hydrogen) atoms. The van der Waals surface area contributed by atoms with Gasteiger partial charge in [-0.25, -0.2) is 0 Å². The molecule has 102 valence electrons. The van der Waals surface area contributed by atoms with Gasteiger partial charge < -0.3 is 9.64 Å². The maximum Gasteiger partial charge on any atom is 0.411 e. The highest BCUT2D eigenvalue weighted by Crippen LogP contribution is 2.19. The summed E-state index contributed by atoms with van der Waals surface area (Å²) < 4.78 is 39.9. The average Bonchev–Trinajstić information content (AvgIpc) is 2.28. The van der Waals surface area contributed by atoms with Gasteiger partial charge in [0.05, 0.1) is 0 Å². The van der Waals surface area contributed by atoms with E-state index in [0.29, 0.717) is 6.42 Å². The van der Waals surface area contributed by atoms with Crippen molar-refractivity contribution in [3.05, 3.63) is 0 Å². The molecule has 0 aliphatic carbocycles. The summed E-state index contributed by atoms with van der Waals surface area (Å²) in [5.74, 6) is 0.757. The minimum Gasteiger partial charge on any atom is -0.372 e. The molecule has 0 bridgehead atoms. The first-order chi connectivity index (χ1) is 8.01. The molecule has 0 radical (unpaired) electrons. The monoisotopic (exact) mass is 317 g/mol. The summed E-state index contributed by atoms with van der Waals surface area (Å²) in [5, 5.41) is 1.05. The Labute approximate surface area is 109 Å². The Balaban J connectivity index is 1.97. The third-order valence-electron chi connectivity index (χ3n) is 2.95. The van der Waals surface area contributed by atoms with Crippen LogP contribution >= 0.6 is 15.9 Å². The highest BCUT2D eigenvalue weighted by molar-refractivity contribution is 9.09. The molecule has 6 heteroatoms. The summed E-state index contributed by atoms with van der Waals surface area (Å²) in [4.78, 5) is 2.30. The van der Waals surface area contributed by atoms with Crippen molar-refractivity contribution in [2.24, 2.45) is 5.92 Å². The SMILES string of the molecule is FC(F)(F)COCCCN1CCC(CBr)CC1. The second kappa shape index (κ2) is 7.59. The maximum atomic E-state index is 11.8. The van der Waals surface area contributed by atoms with E-state index in [0.717, 1.165) is 30.9 Å². The number of likely N-dealkylation sites (tertiary alicyclic amines) is 1. The summed E-state index contributed by atoms with van der Waals surface area (Å²) in [6, 6.07) is 0. The van der Waals surface area contributed by atoms with E-state index in [2.05, 4.69) is 25.6 Å². The smallest absolute Gasteiger partial charge is 0.372 e. The molecule has 0 saturated carbocycles. The summed E-state index contributed by atoms with van der Waals surface area (Å²) in [6.07, 6.45) is -1.17. The minimum absolute atomic E-state index is 0.192. The predicted molar refractivity (Wildman–Crippen MR) is 64.4 cm³/mol. The first-order valence-electron chi connectivity index (χ1n) is 5.94. The van der Waals surface area contributed by atoms with Crippen molar-refractivity contribution >= 4 is 15.9 Å². The summed E-state index contributed by atoms with van der Waals surface area (Å²) in [6.45, 7) is 2.01. The number of ether oxygens (including phenoxy) is 1. The molecule has 0 N–H and O–H groups in total. The van der Waals surface area contributed by atoms with Crippen molar-refractivity contribution in [1.82, 2.24) is 4.90 Å². The van der Waals surface area contributed by atoms with Crippen LogP contribution in [-0.2, 0) is 4.74 Å². The van der Waals surface area contributed by atoms with Gasteiger partial charge in [0.25, 0.3) is 0 Å². The molecule has 0 unspecified atom stereocenters. The van der Waals surface area contributed by atoms with Crippen molar-refractivity contribution in [2.75, 3.05) is 38.2 Å². The van der Waals surface area contributed by atoms with Gasteiger partial charge in [-0.3, -0.25) is 0 Å². The van der Waals surface area contributed by atoms with Crippen LogP contribution in [0, 0.1) is 5.92 Å². The normalized spacial score (nSPS) is 19.8. The van der Waals surface area contributed by atoms with E-state index in [1.165, 1.54) is 12.8 Å². The molecule has 0 aromatic heterocycles. The van der Waals surface area contributed by atoms with Crippen LogP contribution in [0.3, 0.4) is 0 Å². The molecule has 2 nitrogen and oxygen atoms in total. The van der Waals surface area contributed by atoms with Crippen LogP contribution in [0.15, 0.2) is 0 Å². The standard InChI is InChI=1S/C11H19BrF3NO/c12-8-10-2-5-16(6-3-10)4-1-7-17-9-11(13,14)15/h10H,1-9H2. The third kappa shape index (κ3) is 7.26. The van der Waals surface area contributed by atoms with Crippen LogP contribution in [0.5, 0.6) is 0 Å². The van der Waals surface area contributed by atoms with E-state index >= 15 is 0 Å². The Morgan fingerprint density at radius 1 is 1.24 bits per heavy atom. The molecular weight excluding hydrogens is 299 g/mol. The number of nitrogens with zero attached hydrogens (tertiary/aromatic N) is 1. The fourth-order valence-electron chi connectivity index (χ4n) is 1.94. The van der Waals surface area contributed by atoms with Crippen molar-refractivity contribution < 1.29 is 17.9 Å². The van der Waals surface area contributed by atoms with Crippen LogP contribution in [0.1, 0.15) is 19.3 Å². The quantitative estimate of drug-likeness (QED) is 0.551. The molecule has 0 amide bonds. The minimum atomic E-state index is -4.20. The topological polar surface area (TPSA) is 12.5 Å². The molecule has 1 saturated heterocycles. The third-order valence-corrected chi connectivity index (χ3v) is 3.87. The predicted octanol–water partition coefficient (Wildman–Crippen LogP) is 3.06. The molecule has 1 heterocycles. The Bertz CT molecular complexity index is 205. The van der Waals surface area contributed by atoms with Crippen molar-refractivity contribution in [1.29, 1.82) is 0 Å². The van der Waals surface area contributed by atoms with Crippen LogP contribution in [0.2, 0.25) is 0 Å². The maximum absolute atomic E-state index is 11.8. The van der Waals surface area contributed by atoms with Gasteiger partial charge in [-0.2, -0.15) is 13.2 Å². The summed E-state index contributed by atoms with van der Waals surface area (Å²) in [7, 11) is 0. The van der Waals surface area contributed by atoms with Crippen LogP contribution < -0.4 is 0 Å². The molecule has 1 fully saturated rings. The number of alkyl halides is 4. The summed E-state index contributed by atoms with van der Waals surface area (Å²) in [5.41, 5.74) is 0. The lowest BCUT2D eigenvalue weighted by atomic mass is 9.99. The first kappa shape index (κ1) is 15.2. The zero-order chi connectivity index (χ0) is 12.7. The number of halogens is 4. The molecule has 1 aliphatic rings. The molecule has 0 atom stereocenters. The zero-order valence-electron chi connectivity index (χ0n) is 9.81. The summed E-state index contributed by atoms with van der Waals surface area (Å²) >= 11 is 3.48. The Morgan fingerprint density at radius 2 is 1.88 bits per heavy atom. The highest BCUT2D eigenvalue weighted by Gasteiger charge is 2.27. The fourth-order valence-corrected chi connectivity index (χ4v) is 2.59. The molecule has 0 aromatic carbocycles. The second-order valence-corrected chi connectivity index (χ2v) is 5.11. The van der Waals surface area contributed by atoms with Gasteiger partial charge >= 0.3 is 6.18 Å². The van der Waals surface area contributed by atoms with Crippen molar-refractivity contribution in [3.63, 3.8) is 0 Å². The van der Waals surface area contributed by atoms with Gasteiger partial charge in [0.1, 0.15) is 6.61 Å². The number of rotatable bonds is 6. The molecule has 1 aliphatic heterocycles.